The number of likely N-dealkylation sites (N-methyl/N-ethyl adjacent to an activating group) is 1. The minimum Gasteiger partial charge on any atom is -0.380 e. The average Bonchev–Trinajstić information content (AvgIpc) is 2.59. The van der Waals surface area contributed by atoms with Gasteiger partial charge >= 0.3 is 0 Å². The molecule has 0 bridgehead atoms. The van der Waals surface area contributed by atoms with Crippen molar-refractivity contribution in [1.29, 1.82) is 5.26 Å². The highest BCUT2D eigenvalue weighted by molar-refractivity contribution is 5.85. The number of pyridine rings is 1. The normalized spacial score (nSPS) is 15.0. The van der Waals surface area contributed by atoms with E-state index in [-0.39, 0.29) is 12.4 Å². The third-order valence-electron chi connectivity index (χ3n) is 3.83. The molecule has 1 aliphatic rings. The maximum Gasteiger partial charge on any atom is 0.128 e. The molecule has 2 heterocycles. The smallest absolute Gasteiger partial charge is 0.128 e. The van der Waals surface area contributed by atoms with E-state index < -0.39 is 0 Å². The number of ether oxygens (including phenoxy) is 1. The molecule has 6 nitrogen and oxygen atoms in total. The standard InChI is InChI=1S/C16H25N5O.ClH/c1-18-5-12-22-11-2-6-20-7-9-21(10-8-20)16-4-3-15(13-17)14-19-16;/h3-4,14,18H,2,5-12H2,1H3;1H. The second kappa shape index (κ2) is 11.2. The average molecular weight is 340 g/mol. The Morgan fingerprint density at radius 1 is 1.26 bits per heavy atom. The summed E-state index contributed by atoms with van der Waals surface area (Å²) in [7, 11) is 1.94. The Bertz CT molecular complexity index is 468. The number of hydrogen-bond acceptors (Lipinski definition) is 6. The fourth-order valence-corrected chi connectivity index (χ4v) is 2.51. The summed E-state index contributed by atoms with van der Waals surface area (Å²) >= 11 is 0. The van der Waals surface area contributed by atoms with Crippen LogP contribution in [0.2, 0.25) is 0 Å². The Morgan fingerprint density at radius 3 is 2.65 bits per heavy atom. The van der Waals surface area contributed by atoms with Crippen molar-refractivity contribution in [2.24, 2.45) is 0 Å². The van der Waals surface area contributed by atoms with Crippen molar-refractivity contribution in [2.45, 2.75) is 6.42 Å². The Kier molecular flexibility index (Phi) is 9.57. The molecule has 0 radical (unpaired) electrons. The van der Waals surface area contributed by atoms with Gasteiger partial charge in [-0.15, -0.1) is 12.4 Å². The summed E-state index contributed by atoms with van der Waals surface area (Å²) in [6, 6.07) is 5.87. The number of aromatic nitrogens is 1. The number of anilines is 1. The molecule has 0 aliphatic carbocycles. The van der Waals surface area contributed by atoms with Gasteiger partial charge in [0.1, 0.15) is 11.9 Å². The van der Waals surface area contributed by atoms with E-state index in [9.17, 15) is 0 Å². The van der Waals surface area contributed by atoms with Crippen LogP contribution in [0.15, 0.2) is 18.3 Å². The fraction of sp³-hybridized carbons (Fsp3) is 0.625. The number of hydrogen-bond donors (Lipinski definition) is 1. The van der Waals surface area contributed by atoms with E-state index in [2.05, 4.69) is 26.2 Å². The summed E-state index contributed by atoms with van der Waals surface area (Å²) in [5, 5.41) is 11.9. The molecule has 2 rings (SSSR count). The van der Waals surface area contributed by atoms with Gasteiger partial charge in [-0.1, -0.05) is 0 Å². The lowest BCUT2D eigenvalue weighted by Gasteiger charge is -2.35. The first-order valence-electron chi connectivity index (χ1n) is 7.89. The maximum absolute atomic E-state index is 8.80. The van der Waals surface area contributed by atoms with Gasteiger partial charge < -0.3 is 15.0 Å². The molecule has 0 atom stereocenters. The largest absolute Gasteiger partial charge is 0.380 e. The Labute approximate surface area is 144 Å². The second-order valence-electron chi connectivity index (χ2n) is 5.42. The monoisotopic (exact) mass is 339 g/mol. The van der Waals surface area contributed by atoms with Crippen LogP contribution in [0.1, 0.15) is 12.0 Å². The van der Waals surface area contributed by atoms with E-state index in [0.717, 1.165) is 64.7 Å². The van der Waals surface area contributed by atoms with Gasteiger partial charge in [0.05, 0.1) is 12.2 Å². The molecule has 1 aliphatic heterocycles. The van der Waals surface area contributed by atoms with Crippen LogP contribution in [-0.4, -0.2) is 69.4 Å². The van der Waals surface area contributed by atoms with Crippen LogP contribution >= 0.6 is 12.4 Å². The Balaban J connectivity index is 0.00000264. The first-order valence-corrected chi connectivity index (χ1v) is 7.89. The minimum absolute atomic E-state index is 0. The highest BCUT2D eigenvalue weighted by Gasteiger charge is 2.17. The van der Waals surface area contributed by atoms with E-state index >= 15 is 0 Å². The predicted molar refractivity (Wildman–Crippen MR) is 94.2 cm³/mol. The molecule has 1 aromatic rings. The van der Waals surface area contributed by atoms with Crippen molar-refractivity contribution in [1.82, 2.24) is 15.2 Å². The Hall–Kier alpha value is -1.39. The summed E-state index contributed by atoms with van der Waals surface area (Å²) in [6.07, 6.45) is 2.73. The number of nitrogens with one attached hydrogen (secondary N) is 1. The van der Waals surface area contributed by atoms with Gasteiger partial charge in [0, 0.05) is 52.1 Å². The van der Waals surface area contributed by atoms with E-state index in [1.165, 1.54) is 0 Å². The molecule has 0 aromatic carbocycles. The van der Waals surface area contributed by atoms with Gasteiger partial charge in [-0.2, -0.15) is 5.26 Å². The highest BCUT2D eigenvalue weighted by atomic mass is 35.5. The van der Waals surface area contributed by atoms with Crippen LogP contribution in [-0.2, 0) is 4.74 Å². The van der Waals surface area contributed by atoms with Gasteiger partial charge in [-0.25, -0.2) is 4.98 Å². The molecule has 1 N–H and O–H groups in total. The molecule has 7 heteroatoms. The molecule has 0 spiro atoms. The van der Waals surface area contributed by atoms with Crippen molar-refractivity contribution in [3.05, 3.63) is 23.9 Å². The molecule has 0 amide bonds. The van der Waals surface area contributed by atoms with Gasteiger partial charge in [0.15, 0.2) is 0 Å². The minimum atomic E-state index is 0. The summed E-state index contributed by atoms with van der Waals surface area (Å²) < 4.78 is 5.54. The number of piperazine rings is 1. The third kappa shape index (κ3) is 6.71. The number of nitrogens with zero attached hydrogens (tertiary/aromatic N) is 4. The molecule has 128 valence electrons. The van der Waals surface area contributed by atoms with E-state index in [1.807, 2.05) is 19.2 Å². The fourth-order valence-electron chi connectivity index (χ4n) is 2.51. The second-order valence-corrected chi connectivity index (χ2v) is 5.42. The van der Waals surface area contributed by atoms with Gasteiger partial charge in [0.25, 0.3) is 0 Å². The molecular weight excluding hydrogens is 314 g/mol. The predicted octanol–water partition coefficient (Wildman–Crippen LogP) is 1.12. The van der Waals surface area contributed by atoms with E-state index in [1.54, 1.807) is 6.20 Å². The van der Waals surface area contributed by atoms with Crippen molar-refractivity contribution in [3.63, 3.8) is 0 Å². The number of nitriles is 1. The van der Waals surface area contributed by atoms with Crippen LogP contribution in [0.25, 0.3) is 0 Å². The molecule has 1 fully saturated rings. The van der Waals surface area contributed by atoms with Crippen LogP contribution in [0.5, 0.6) is 0 Å². The zero-order chi connectivity index (χ0) is 15.6. The Morgan fingerprint density at radius 2 is 2.04 bits per heavy atom. The first-order chi connectivity index (χ1) is 10.8. The van der Waals surface area contributed by atoms with Crippen molar-refractivity contribution in [2.75, 3.05) is 64.4 Å². The van der Waals surface area contributed by atoms with E-state index in [0.29, 0.717) is 5.56 Å². The first kappa shape index (κ1) is 19.7. The van der Waals surface area contributed by atoms with Crippen molar-refractivity contribution >= 4 is 18.2 Å². The lowest BCUT2D eigenvalue weighted by molar-refractivity contribution is 0.122. The summed E-state index contributed by atoms with van der Waals surface area (Å²) in [5.41, 5.74) is 0.612. The van der Waals surface area contributed by atoms with Gasteiger partial charge in [-0.05, 0) is 25.6 Å². The summed E-state index contributed by atoms with van der Waals surface area (Å²) in [5.74, 6) is 0.967. The number of rotatable bonds is 8. The lowest BCUT2D eigenvalue weighted by Crippen LogP contribution is -2.47. The van der Waals surface area contributed by atoms with Crippen LogP contribution in [0.4, 0.5) is 5.82 Å². The lowest BCUT2D eigenvalue weighted by atomic mass is 10.2. The summed E-state index contributed by atoms with van der Waals surface area (Å²) in [6.45, 7) is 7.70. The molecule has 1 aromatic heterocycles. The molecule has 0 unspecified atom stereocenters. The van der Waals surface area contributed by atoms with Crippen molar-refractivity contribution in [3.8, 4) is 6.07 Å². The van der Waals surface area contributed by atoms with Gasteiger partial charge in [-0.3, -0.25) is 4.90 Å². The zero-order valence-electron chi connectivity index (χ0n) is 13.7. The summed E-state index contributed by atoms with van der Waals surface area (Å²) in [4.78, 5) is 9.11. The van der Waals surface area contributed by atoms with Crippen LogP contribution < -0.4 is 10.2 Å². The SMILES string of the molecule is CNCCOCCCN1CCN(c2ccc(C#N)cn2)CC1.Cl. The van der Waals surface area contributed by atoms with Crippen molar-refractivity contribution < 1.29 is 4.74 Å². The number of halogens is 1. The quantitative estimate of drug-likeness (QED) is 0.716. The molecule has 0 saturated carbocycles. The molecule has 1 saturated heterocycles. The molecule has 23 heavy (non-hydrogen) atoms. The van der Waals surface area contributed by atoms with Crippen LogP contribution in [0, 0.1) is 11.3 Å². The van der Waals surface area contributed by atoms with Crippen LogP contribution in [0.3, 0.4) is 0 Å². The highest BCUT2D eigenvalue weighted by Crippen LogP contribution is 2.13. The van der Waals surface area contributed by atoms with Gasteiger partial charge in [0.2, 0.25) is 0 Å². The zero-order valence-corrected chi connectivity index (χ0v) is 14.5. The third-order valence-corrected chi connectivity index (χ3v) is 3.83. The topological polar surface area (TPSA) is 64.4 Å². The molecular formula is C16H26ClN5O. The van der Waals surface area contributed by atoms with E-state index in [4.69, 9.17) is 10.00 Å². The maximum atomic E-state index is 8.80.